The molecule has 1 aliphatic heterocycles. The number of hydrogen-bond donors (Lipinski definition) is 1. The Kier molecular flexibility index (Phi) is 4.51. The van der Waals surface area contributed by atoms with E-state index in [-0.39, 0.29) is 5.75 Å². The number of hydrogen-bond acceptors (Lipinski definition) is 4. The van der Waals surface area contributed by atoms with E-state index in [0.29, 0.717) is 32.1 Å². The van der Waals surface area contributed by atoms with Crippen LogP contribution in [0.25, 0.3) is 0 Å². The van der Waals surface area contributed by atoms with Gasteiger partial charge < -0.3 is 10.6 Å². The van der Waals surface area contributed by atoms with Gasteiger partial charge in [0.15, 0.2) is 0 Å². The summed E-state index contributed by atoms with van der Waals surface area (Å²) < 4.78 is 25.2. The molecule has 0 radical (unpaired) electrons. The number of nitrogens with two attached hydrogens (primary N) is 1. The molecule has 90 valence electrons. The lowest BCUT2D eigenvalue weighted by Gasteiger charge is -2.20. The summed E-state index contributed by atoms with van der Waals surface area (Å²) >= 11 is 0. The first-order chi connectivity index (χ1) is 6.97. The minimum atomic E-state index is -3.06. The molecule has 1 unspecified atom stereocenters. The third kappa shape index (κ3) is 3.41. The Bertz CT molecular complexity index is 290. The summed E-state index contributed by atoms with van der Waals surface area (Å²) in [4.78, 5) is 2.08. The zero-order chi connectivity index (χ0) is 11.5. The predicted octanol–water partition coefficient (Wildman–Crippen LogP) is -0.699. The monoisotopic (exact) mass is 235 g/mol. The second-order valence-corrected chi connectivity index (χ2v) is 6.31. The molecule has 0 amide bonds. The van der Waals surface area contributed by atoms with Gasteiger partial charge in [-0.05, 0) is 33.5 Å². The highest BCUT2D eigenvalue weighted by atomic mass is 32.2. The van der Waals surface area contributed by atoms with Gasteiger partial charge in [-0.1, -0.05) is 0 Å². The fourth-order valence-corrected chi connectivity index (χ4v) is 3.35. The number of nitrogens with zero attached hydrogens (tertiary/aromatic N) is 2. The van der Waals surface area contributed by atoms with E-state index in [1.54, 1.807) is 4.31 Å². The first kappa shape index (κ1) is 12.9. The number of rotatable bonds is 5. The summed E-state index contributed by atoms with van der Waals surface area (Å²) in [5.41, 5.74) is 5.32. The second kappa shape index (κ2) is 5.25. The first-order valence-corrected chi connectivity index (χ1v) is 6.92. The van der Waals surface area contributed by atoms with Crippen molar-refractivity contribution < 1.29 is 8.42 Å². The Morgan fingerprint density at radius 1 is 1.47 bits per heavy atom. The summed E-state index contributed by atoms with van der Waals surface area (Å²) in [6, 6.07) is 0.359. The van der Waals surface area contributed by atoms with Crippen LogP contribution < -0.4 is 5.73 Å². The fraction of sp³-hybridized carbons (Fsp3) is 1.00. The first-order valence-electron chi connectivity index (χ1n) is 5.31. The molecule has 1 saturated heterocycles. The molecule has 5 nitrogen and oxygen atoms in total. The molecule has 1 atom stereocenters. The minimum absolute atomic E-state index is 0.184. The lowest BCUT2D eigenvalue weighted by molar-refractivity contribution is 0.302. The van der Waals surface area contributed by atoms with E-state index in [4.69, 9.17) is 5.73 Å². The molecular formula is C9H21N3O2S. The van der Waals surface area contributed by atoms with E-state index in [1.807, 2.05) is 14.1 Å². The summed E-state index contributed by atoms with van der Waals surface area (Å²) in [6.45, 7) is 1.71. The van der Waals surface area contributed by atoms with E-state index in [2.05, 4.69) is 4.90 Å². The topological polar surface area (TPSA) is 66.6 Å². The Hall–Kier alpha value is -0.170. The molecule has 2 N–H and O–H groups in total. The van der Waals surface area contributed by atoms with Crippen LogP contribution >= 0.6 is 0 Å². The maximum absolute atomic E-state index is 11.8. The van der Waals surface area contributed by atoms with Crippen LogP contribution in [0.3, 0.4) is 0 Å². The molecule has 0 aliphatic carbocycles. The van der Waals surface area contributed by atoms with Crippen LogP contribution in [-0.2, 0) is 10.0 Å². The van der Waals surface area contributed by atoms with Crippen molar-refractivity contribution in [1.29, 1.82) is 0 Å². The Morgan fingerprint density at radius 3 is 2.60 bits per heavy atom. The van der Waals surface area contributed by atoms with Crippen molar-refractivity contribution in [3.05, 3.63) is 0 Å². The van der Waals surface area contributed by atoms with Crippen LogP contribution in [0, 0.1) is 0 Å². The van der Waals surface area contributed by atoms with E-state index in [0.717, 1.165) is 6.42 Å². The molecule has 15 heavy (non-hydrogen) atoms. The van der Waals surface area contributed by atoms with Crippen molar-refractivity contribution in [1.82, 2.24) is 9.21 Å². The van der Waals surface area contributed by atoms with Crippen LogP contribution in [0.5, 0.6) is 0 Å². The summed E-state index contributed by atoms with van der Waals surface area (Å²) in [6.07, 6.45) is 1.47. The van der Waals surface area contributed by atoms with Gasteiger partial charge >= 0.3 is 0 Å². The van der Waals surface area contributed by atoms with E-state index < -0.39 is 10.0 Å². The normalized spacial score (nSPS) is 23.9. The van der Waals surface area contributed by atoms with Crippen molar-refractivity contribution in [3.8, 4) is 0 Å². The molecule has 6 heteroatoms. The van der Waals surface area contributed by atoms with Gasteiger partial charge in [-0.25, -0.2) is 12.7 Å². The van der Waals surface area contributed by atoms with Gasteiger partial charge in [0, 0.05) is 19.1 Å². The SMILES string of the molecule is CN(C)C1CCN(S(=O)(=O)CCCN)C1. The van der Waals surface area contributed by atoms with E-state index >= 15 is 0 Å². The average molecular weight is 235 g/mol. The zero-order valence-electron chi connectivity index (χ0n) is 9.52. The highest BCUT2D eigenvalue weighted by Gasteiger charge is 2.31. The lowest BCUT2D eigenvalue weighted by Crippen LogP contribution is -2.35. The second-order valence-electron chi connectivity index (χ2n) is 4.22. The molecule has 0 spiro atoms. The summed E-state index contributed by atoms with van der Waals surface area (Å²) in [5.74, 6) is 0.184. The highest BCUT2D eigenvalue weighted by molar-refractivity contribution is 7.89. The Labute approximate surface area is 92.3 Å². The van der Waals surface area contributed by atoms with Crippen molar-refractivity contribution in [2.75, 3.05) is 39.5 Å². The van der Waals surface area contributed by atoms with Crippen molar-refractivity contribution in [2.45, 2.75) is 18.9 Å². The Morgan fingerprint density at radius 2 is 2.13 bits per heavy atom. The molecule has 1 fully saturated rings. The Balaban J connectivity index is 2.52. The molecule has 1 aliphatic rings. The van der Waals surface area contributed by atoms with Gasteiger partial charge in [-0.3, -0.25) is 0 Å². The van der Waals surface area contributed by atoms with Crippen LogP contribution in [0.2, 0.25) is 0 Å². The van der Waals surface area contributed by atoms with Gasteiger partial charge in [-0.2, -0.15) is 0 Å². The molecule has 0 aromatic rings. The van der Waals surface area contributed by atoms with Gasteiger partial charge in [0.05, 0.1) is 5.75 Å². The third-order valence-corrected chi connectivity index (χ3v) is 4.78. The third-order valence-electron chi connectivity index (χ3n) is 2.86. The number of likely N-dealkylation sites (N-methyl/N-ethyl adjacent to an activating group) is 1. The smallest absolute Gasteiger partial charge is 0.214 e. The van der Waals surface area contributed by atoms with Gasteiger partial charge in [0.25, 0.3) is 0 Å². The van der Waals surface area contributed by atoms with E-state index in [9.17, 15) is 8.42 Å². The quantitative estimate of drug-likeness (QED) is 0.684. The standard InChI is InChI=1S/C9H21N3O2S/c1-11(2)9-4-6-12(8-9)15(13,14)7-3-5-10/h9H,3-8,10H2,1-2H3. The molecule has 0 aromatic heterocycles. The maximum Gasteiger partial charge on any atom is 0.214 e. The maximum atomic E-state index is 11.8. The highest BCUT2D eigenvalue weighted by Crippen LogP contribution is 2.17. The fourth-order valence-electron chi connectivity index (χ4n) is 1.78. The van der Waals surface area contributed by atoms with Gasteiger partial charge in [-0.15, -0.1) is 0 Å². The predicted molar refractivity (Wildman–Crippen MR) is 61.1 cm³/mol. The molecule has 0 aromatic carbocycles. The zero-order valence-corrected chi connectivity index (χ0v) is 10.3. The van der Waals surface area contributed by atoms with Crippen LogP contribution in [0.4, 0.5) is 0 Å². The molecular weight excluding hydrogens is 214 g/mol. The number of sulfonamides is 1. The summed E-state index contributed by atoms with van der Waals surface area (Å²) in [7, 11) is 0.912. The molecule has 1 heterocycles. The van der Waals surface area contributed by atoms with Crippen molar-refractivity contribution in [3.63, 3.8) is 0 Å². The van der Waals surface area contributed by atoms with Crippen LogP contribution in [0.15, 0.2) is 0 Å². The van der Waals surface area contributed by atoms with Crippen LogP contribution in [-0.4, -0.2) is 63.1 Å². The molecule has 1 rings (SSSR count). The summed E-state index contributed by atoms with van der Waals surface area (Å²) in [5, 5.41) is 0. The average Bonchev–Trinajstić information content (AvgIpc) is 2.64. The minimum Gasteiger partial charge on any atom is -0.330 e. The molecule has 0 bridgehead atoms. The van der Waals surface area contributed by atoms with E-state index in [1.165, 1.54) is 0 Å². The van der Waals surface area contributed by atoms with Crippen molar-refractivity contribution >= 4 is 10.0 Å². The van der Waals surface area contributed by atoms with Gasteiger partial charge in [0.1, 0.15) is 0 Å². The van der Waals surface area contributed by atoms with Gasteiger partial charge in [0.2, 0.25) is 10.0 Å². The van der Waals surface area contributed by atoms with Crippen LogP contribution in [0.1, 0.15) is 12.8 Å². The lowest BCUT2D eigenvalue weighted by atomic mass is 10.2. The molecule has 0 saturated carbocycles. The largest absolute Gasteiger partial charge is 0.330 e. The van der Waals surface area contributed by atoms with Crippen molar-refractivity contribution in [2.24, 2.45) is 5.73 Å².